The van der Waals surface area contributed by atoms with Gasteiger partial charge in [-0.05, 0) is 13.8 Å². The molecule has 0 unspecified atom stereocenters. The lowest BCUT2D eigenvalue weighted by atomic mass is 10.3. The Kier molecular flexibility index (Phi) is 7.91. The van der Waals surface area contributed by atoms with Gasteiger partial charge >= 0.3 is 0 Å². The summed E-state index contributed by atoms with van der Waals surface area (Å²) in [5.41, 5.74) is 0.931. The fourth-order valence-corrected chi connectivity index (χ4v) is 1.62. The Morgan fingerprint density at radius 2 is 1.80 bits per heavy atom. The summed E-state index contributed by atoms with van der Waals surface area (Å²) < 4.78 is 16.0. The first-order chi connectivity index (χ1) is 9.72. The Labute approximate surface area is 120 Å². The average Bonchev–Trinajstić information content (AvgIpc) is 2.46. The molecule has 0 bridgehead atoms. The minimum atomic E-state index is 0.469. The van der Waals surface area contributed by atoms with Crippen molar-refractivity contribution in [3.63, 3.8) is 0 Å². The number of aryl methyl sites for hydroxylation is 1. The van der Waals surface area contributed by atoms with E-state index in [1.54, 1.807) is 7.11 Å². The van der Waals surface area contributed by atoms with Gasteiger partial charge in [0.1, 0.15) is 18.2 Å². The molecule has 0 saturated carbocycles. The third kappa shape index (κ3) is 5.30. The monoisotopic (exact) mass is 283 g/mol. The number of nitrogens with zero attached hydrogens (tertiary/aromatic N) is 2. The van der Waals surface area contributed by atoms with E-state index in [9.17, 15) is 0 Å². The van der Waals surface area contributed by atoms with E-state index in [1.165, 1.54) is 0 Å². The summed E-state index contributed by atoms with van der Waals surface area (Å²) in [4.78, 5) is 8.87. The van der Waals surface area contributed by atoms with Crippen LogP contribution in [0.4, 0.5) is 5.82 Å². The third-order valence-corrected chi connectivity index (χ3v) is 2.71. The van der Waals surface area contributed by atoms with Crippen LogP contribution in [0.5, 0.6) is 5.88 Å². The minimum absolute atomic E-state index is 0.469. The smallest absolute Gasteiger partial charge is 0.221 e. The summed E-state index contributed by atoms with van der Waals surface area (Å²) in [6.07, 6.45) is 0.777. The van der Waals surface area contributed by atoms with Gasteiger partial charge in [0.25, 0.3) is 0 Å². The maximum absolute atomic E-state index is 5.69. The summed E-state index contributed by atoms with van der Waals surface area (Å²) in [5, 5.41) is 3.23. The molecule has 1 aromatic heterocycles. The van der Waals surface area contributed by atoms with Gasteiger partial charge in [-0.15, -0.1) is 0 Å². The Bertz CT molecular complexity index is 399. The lowest BCUT2D eigenvalue weighted by Crippen LogP contribution is -2.13. The van der Waals surface area contributed by atoms with Crippen LogP contribution in [0.1, 0.15) is 25.2 Å². The molecule has 0 spiro atoms. The molecule has 1 heterocycles. The van der Waals surface area contributed by atoms with Crippen LogP contribution in [-0.2, 0) is 15.9 Å². The average molecular weight is 283 g/mol. The van der Waals surface area contributed by atoms with Crippen molar-refractivity contribution in [1.29, 1.82) is 0 Å². The van der Waals surface area contributed by atoms with Crippen molar-refractivity contribution in [3.05, 3.63) is 11.4 Å². The first-order valence-electron chi connectivity index (χ1n) is 7.03. The predicted octanol–water partition coefficient (Wildman–Crippen LogP) is 1.82. The third-order valence-electron chi connectivity index (χ3n) is 2.71. The fraction of sp³-hybridized carbons (Fsp3) is 0.714. The highest BCUT2D eigenvalue weighted by Crippen LogP contribution is 2.22. The topological polar surface area (TPSA) is 65.5 Å². The summed E-state index contributed by atoms with van der Waals surface area (Å²) in [6, 6.07) is 0. The molecule has 6 nitrogen and oxygen atoms in total. The van der Waals surface area contributed by atoms with Gasteiger partial charge < -0.3 is 19.5 Å². The van der Waals surface area contributed by atoms with Gasteiger partial charge in [0.2, 0.25) is 5.88 Å². The molecule has 6 heteroatoms. The van der Waals surface area contributed by atoms with Gasteiger partial charge in [-0.1, -0.05) is 6.92 Å². The second-order valence-corrected chi connectivity index (χ2v) is 4.26. The molecule has 0 saturated heterocycles. The summed E-state index contributed by atoms with van der Waals surface area (Å²) in [5.74, 6) is 2.25. The largest absolute Gasteiger partial charge is 0.475 e. The molecule has 20 heavy (non-hydrogen) atoms. The number of methoxy groups -OCH3 is 1. The molecular formula is C14H25N3O3. The summed E-state index contributed by atoms with van der Waals surface area (Å²) in [7, 11) is 1.65. The van der Waals surface area contributed by atoms with Gasteiger partial charge in [-0.25, -0.2) is 4.98 Å². The van der Waals surface area contributed by atoms with E-state index in [-0.39, 0.29) is 0 Å². The lowest BCUT2D eigenvalue weighted by Gasteiger charge is -2.13. The van der Waals surface area contributed by atoms with Crippen LogP contribution in [-0.4, -0.2) is 50.1 Å². The first kappa shape index (κ1) is 16.7. The highest BCUT2D eigenvalue weighted by atomic mass is 16.5. The van der Waals surface area contributed by atoms with E-state index in [0.717, 1.165) is 30.2 Å². The molecule has 0 atom stereocenters. The van der Waals surface area contributed by atoms with Gasteiger partial charge in [-0.2, -0.15) is 4.98 Å². The fourth-order valence-electron chi connectivity index (χ4n) is 1.62. The molecule has 1 N–H and O–H groups in total. The van der Waals surface area contributed by atoms with E-state index in [4.69, 9.17) is 14.2 Å². The van der Waals surface area contributed by atoms with E-state index in [2.05, 4.69) is 15.3 Å². The number of nitrogens with one attached hydrogen (secondary N) is 1. The number of hydrogen-bond acceptors (Lipinski definition) is 6. The Hall–Kier alpha value is -1.40. The number of hydrogen-bond donors (Lipinski definition) is 1. The number of ether oxygens (including phenoxy) is 3. The second-order valence-electron chi connectivity index (χ2n) is 4.26. The molecule has 0 amide bonds. The van der Waals surface area contributed by atoms with Crippen LogP contribution < -0.4 is 10.1 Å². The second kappa shape index (κ2) is 9.50. The maximum Gasteiger partial charge on any atom is 0.221 e. The van der Waals surface area contributed by atoms with Crippen LogP contribution in [0.25, 0.3) is 0 Å². The van der Waals surface area contributed by atoms with Gasteiger partial charge in [0.15, 0.2) is 0 Å². The zero-order valence-corrected chi connectivity index (χ0v) is 12.9. The predicted molar refractivity (Wildman–Crippen MR) is 78.5 cm³/mol. The van der Waals surface area contributed by atoms with Gasteiger partial charge in [0.05, 0.1) is 25.4 Å². The molecule has 0 radical (unpaired) electrons. The zero-order chi connectivity index (χ0) is 14.8. The maximum atomic E-state index is 5.69. The van der Waals surface area contributed by atoms with E-state index < -0.39 is 0 Å². The molecule has 0 aliphatic heterocycles. The molecule has 0 aromatic carbocycles. The molecular weight excluding hydrogens is 258 g/mol. The molecule has 1 rings (SSSR count). The Morgan fingerprint density at radius 1 is 1.05 bits per heavy atom. The van der Waals surface area contributed by atoms with Crippen LogP contribution in [0.15, 0.2) is 0 Å². The molecule has 1 aromatic rings. The summed E-state index contributed by atoms with van der Waals surface area (Å²) in [6.45, 7) is 9.00. The number of aromatic nitrogens is 2. The highest BCUT2D eigenvalue weighted by Gasteiger charge is 2.10. The van der Waals surface area contributed by atoms with Crippen LogP contribution in [0.2, 0.25) is 0 Å². The zero-order valence-electron chi connectivity index (χ0n) is 12.9. The number of rotatable bonds is 10. The molecule has 114 valence electrons. The first-order valence-corrected chi connectivity index (χ1v) is 7.03. The SMILES string of the molecule is CCNc1nc(CC)nc(OCCOCCOC)c1C. The highest BCUT2D eigenvalue weighted by molar-refractivity contribution is 5.48. The number of anilines is 1. The van der Waals surface area contributed by atoms with Gasteiger partial charge in [0, 0.05) is 20.1 Å². The Morgan fingerprint density at radius 3 is 2.45 bits per heavy atom. The van der Waals surface area contributed by atoms with E-state index in [1.807, 2.05) is 20.8 Å². The van der Waals surface area contributed by atoms with Crippen molar-refractivity contribution >= 4 is 5.82 Å². The normalized spacial score (nSPS) is 10.6. The van der Waals surface area contributed by atoms with Crippen molar-refractivity contribution in [3.8, 4) is 5.88 Å². The van der Waals surface area contributed by atoms with Crippen molar-refractivity contribution in [1.82, 2.24) is 9.97 Å². The van der Waals surface area contributed by atoms with Crippen LogP contribution in [0.3, 0.4) is 0 Å². The standard InChI is InChI=1S/C14H25N3O3/c1-5-12-16-13(15-6-2)11(3)14(17-12)20-10-9-19-8-7-18-4/h5-10H2,1-4H3,(H,15,16,17). The molecule has 0 fully saturated rings. The van der Waals surface area contributed by atoms with Crippen molar-refractivity contribution < 1.29 is 14.2 Å². The van der Waals surface area contributed by atoms with Crippen molar-refractivity contribution in [2.75, 3.05) is 45.4 Å². The lowest BCUT2D eigenvalue weighted by molar-refractivity contribution is 0.0535. The van der Waals surface area contributed by atoms with Gasteiger partial charge in [-0.3, -0.25) is 0 Å². The van der Waals surface area contributed by atoms with Crippen LogP contribution in [0, 0.1) is 6.92 Å². The van der Waals surface area contributed by atoms with E-state index in [0.29, 0.717) is 32.3 Å². The summed E-state index contributed by atoms with van der Waals surface area (Å²) >= 11 is 0. The van der Waals surface area contributed by atoms with Crippen LogP contribution >= 0.6 is 0 Å². The minimum Gasteiger partial charge on any atom is -0.475 e. The van der Waals surface area contributed by atoms with Crippen molar-refractivity contribution in [2.45, 2.75) is 27.2 Å². The molecule has 0 aliphatic carbocycles. The quantitative estimate of drug-likeness (QED) is 0.661. The van der Waals surface area contributed by atoms with E-state index >= 15 is 0 Å². The molecule has 0 aliphatic rings. The van der Waals surface area contributed by atoms with Crippen molar-refractivity contribution in [2.24, 2.45) is 0 Å². The Balaban J connectivity index is 2.57.